The van der Waals surface area contributed by atoms with Gasteiger partial charge < -0.3 is 15.0 Å². The van der Waals surface area contributed by atoms with E-state index in [1.807, 2.05) is 31.7 Å². The molecule has 0 aliphatic carbocycles. The summed E-state index contributed by atoms with van der Waals surface area (Å²) in [6, 6.07) is 10.7. The number of benzene rings is 1. The van der Waals surface area contributed by atoms with Crippen molar-refractivity contribution in [3.63, 3.8) is 0 Å². The zero-order valence-corrected chi connectivity index (χ0v) is 13.1. The van der Waals surface area contributed by atoms with Gasteiger partial charge in [-0.05, 0) is 45.7 Å². The van der Waals surface area contributed by atoms with Crippen LogP contribution in [-0.2, 0) is 10.3 Å². The highest BCUT2D eigenvalue weighted by Crippen LogP contribution is 2.43. The molecule has 0 saturated carbocycles. The van der Waals surface area contributed by atoms with Crippen LogP contribution in [0, 0.1) is 0 Å². The highest BCUT2D eigenvalue weighted by Gasteiger charge is 2.53. The molecule has 2 saturated heterocycles. The van der Waals surface area contributed by atoms with E-state index in [1.54, 1.807) is 0 Å². The van der Waals surface area contributed by atoms with Gasteiger partial charge in [-0.15, -0.1) is 0 Å². The summed E-state index contributed by atoms with van der Waals surface area (Å²) in [7, 11) is 0. The molecule has 1 aromatic carbocycles. The Morgan fingerprint density at radius 3 is 2.71 bits per heavy atom. The van der Waals surface area contributed by atoms with Crippen molar-refractivity contribution in [3.8, 4) is 0 Å². The number of carbonyl (C=O) groups excluding carboxylic acids is 1. The van der Waals surface area contributed by atoms with Crippen LogP contribution in [0.25, 0.3) is 0 Å². The lowest BCUT2D eigenvalue weighted by Gasteiger charge is -2.33. The van der Waals surface area contributed by atoms with Crippen LogP contribution >= 0.6 is 0 Å². The molecule has 2 atom stereocenters. The van der Waals surface area contributed by atoms with Gasteiger partial charge in [-0.25, -0.2) is 4.79 Å². The van der Waals surface area contributed by atoms with E-state index in [0.29, 0.717) is 0 Å². The molecule has 1 aromatic rings. The predicted octanol–water partition coefficient (Wildman–Crippen LogP) is 2.88. The van der Waals surface area contributed by atoms with Crippen LogP contribution in [0.3, 0.4) is 0 Å². The van der Waals surface area contributed by atoms with E-state index in [1.165, 1.54) is 5.56 Å². The van der Waals surface area contributed by atoms with Crippen LogP contribution in [-0.4, -0.2) is 35.7 Å². The van der Waals surface area contributed by atoms with E-state index in [9.17, 15) is 4.79 Å². The van der Waals surface area contributed by atoms with E-state index in [4.69, 9.17) is 4.74 Å². The first kappa shape index (κ1) is 14.4. The van der Waals surface area contributed by atoms with E-state index < -0.39 is 5.60 Å². The second kappa shape index (κ2) is 5.02. The quantitative estimate of drug-likeness (QED) is 0.864. The molecule has 0 spiro atoms. The normalized spacial score (nSPS) is 28.5. The van der Waals surface area contributed by atoms with Gasteiger partial charge in [-0.3, -0.25) is 0 Å². The van der Waals surface area contributed by atoms with Crippen molar-refractivity contribution in [1.82, 2.24) is 10.2 Å². The first-order valence-corrected chi connectivity index (χ1v) is 7.73. The average molecular weight is 288 g/mol. The average Bonchev–Trinajstić information content (AvgIpc) is 2.96. The van der Waals surface area contributed by atoms with Gasteiger partial charge in [0.2, 0.25) is 0 Å². The fourth-order valence-electron chi connectivity index (χ4n) is 3.64. The van der Waals surface area contributed by atoms with Crippen molar-refractivity contribution in [2.24, 2.45) is 0 Å². The first-order valence-electron chi connectivity index (χ1n) is 7.73. The molecule has 3 rings (SSSR count). The SMILES string of the molecule is CC(C)(C)OC(=O)N1CC[C@@]2(c3ccccc3)NCC[C@H]12. The van der Waals surface area contributed by atoms with Crippen molar-refractivity contribution in [2.75, 3.05) is 13.1 Å². The molecule has 0 bridgehead atoms. The van der Waals surface area contributed by atoms with Gasteiger partial charge in [0, 0.05) is 6.54 Å². The van der Waals surface area contributed by atoms with Gasteiger partial charge >= 0.3 is 6.09 Å². The fourth-order valence-corrected chi connectivity index (χ4v) is 3.64. The second-order valence-corrected chi connectivity index (χ2v) is 6.99. The third kappa shape index (κ3) is 2.53. The Hall–Kier alpha value is -1.55. The van der Waals surface area contributed by atoms with Gasteiger partial charge in [-0.2, -0.15) is 0 Å². The van der Waals surface area contributed by atoms with Crippen LogP contribution in [0.5, 0.6) is 0 Å². The lowest BCUT2D eigenvalue weighted by Crippen LogP contribution is -2.47. The van der Waals surface area contributed by atoms with Gasteiger partial charge in [0.25, 0.3) is 0 Å². The maximum absolute atomic E-state index is 12.5. The van der Waals surface area contributed by atoms with Gasteiger partial charge in [0.05, 0.1) is 11.6 Å². The molecule has 1 amide bonds. The minimum atomic E-state index is -0.443. The maximum atomic E-state index is 12.5. The zero-order chi connectivity index (χ0) is 15.1. The molecule has 114 valence electrons. The summed E-state index contributed by atoms with van der Waals surface area (Å²) in [5.74, 6) is 0. The number of rotatable bonds is 1. The monoisotopic (exact) mass is 288 g/mol. The summed E-state index contributed by atoms with van der Waals surface area (Å²) in [6.07, 6.45) is 1.74. The molecule has 0 aromatic heterocycles. The number of hydrogen-bond donors (Lipinski definition) is 1. The summed E-state index contributed by atoms with van der Waals surface area (Å²) in [6.45, 7) is 7.44. The Morgan fingerprint density at radius 1 is 1.33 bits per heavy atom. The number of nitrogens with one attached hydrogen (secondary N) is 1. The Balaban J connectivity index is 1.85. The lowest BCUT2D eigenvalue weighted by molar-refractivity contribution is 0.0208. The minimum absolute atomic E-state index is 0.0990. The summed E-state index contributed by atoms with van der Waals surface area (Å²) in [4.78, 5) is 14.4. The zero-order valence-electron chi connectivity index (χ0n) is 13.1. The summed E-state index contributed by atoms with van der Waals surface area (Å²) < 4.78 is 5.57. The van der Waals surface area contributed by atoms with E-state index in [-0.39, 0.29) is 17.7 Å². The standard InChI is InChI=1S/C17H24N2O2/c1-16(2,3)21-15(20)19-12-10-17(14(19)9-11-18-17)13-7-5-4-6-8-13/h4-8,14,18H,9-12H2,1-3H3/t14-,17-/m0/s1. The first-order chi connectivity index (χ1) is 9.92. The number of likely N-dealkylation sites (tertiary alicyclic amines) is 1. The van der Waals surface area contributed by atoms with Crippen molar-refractivity contribution in [3.05, 3.63) is 35.9 Å². The van der Waals surface area contributed by atoms with Gasteiger partial charge in [-0.1, -0.05) is 30.3 Å². The second-order valence-electron chi connectivity index (χ2n) is 6.99. The molecule has 0 unspecified atom stereocenters. The number of nitrogens with zero attached hydrogens (tertiary/aromatic N) is 1. The summed E-state index contributed by atoms with van der Waals surface area (Å²) >= 11 is 0. The van der Waals surface area contributed by atoms with Crippen molar-refractivity contribution in [2.45, 2.75) is 50.8 Å². The minimum Gasteiger partial charge on any atom is -0.444 e. The van der Waals surface area contributed by atoms with Crippen LogP contribution in [0.4, 0.5) is 4.79 Å². The highest BCUT2D eigenvalue weighted by molar-refractivity contribution is 5.69. The molecule has 4 heteroatoms. The molecule has 0 radical (unpaired) electrons. The van der Waals surface area contributed by atoms with Crippen molar-refractivity contribution < 1.29 is 9.53 Å². The lowest BCUT2D eigenvalue weighted by atomic mass is 9.84. The molecular formula is C17H24N2O2. The summed E-state index contributed by atoms with van der Waals surface area (Å²) in [5.41, 5.74) is 0.734. The number of ether oxygens (including phenoxy) is 1. The Labute approximate surface area is 126 Å². The molecule has 2 aliphatic rings. The van der Waals surface area contributed by atoms with Crippen LogP contribution in [0.1, 0.15) is 39.2 Å². The van der Waals surface area contributed by atoms with E-state index in [0.717, 1.165) is 25.9 Å². The number of carbonyl (C=O) groups is 1. The smallest absolute Gasteiger partial charge is 0.410 e. The van der Waals surface area contributed by atoms with Gasteiger partial charge in [0.15, 0.2) is 0 Å². The van der Waals surface area contributed by atoms with Gasteiger partial charge in [0.1, 0.15) is 5.60 Å². The predicted molar refractivity (Wildman–Crippen MR) is 82.1 cm³/mol. The molecule has 2 heterocycles. The van der Waals surface area contributed by atoms with E-state index in [2.05, 4.69) is 29.6 Å². The molecule has 4 nitrogen and oxygen atoms in total. The Bertz CT molecular complexity index is 523. The molecule has 1 N–H and O–H groups in total. The topological polar surface area (TPSA) is 41.6 Å². The van der Waals surface area contributed by atoms with Crippen LogP contribution in [0.15, 0.2) is 30.3 Å². The molecule has 21 heavy (non-hydrogen) atoms. The molecule has 2 aliphatic heterocycles. The fraction of sp³-hybridized carbons (Fsp3) is 0.588. The third-order valence-corrected chi connectivity index (χ3v) is 4.47. The number of amides is 1. The summed E-state index contributed by atoms with van der Waals surface area (Å²) in [5, 5.41) is 3.65. The maximum Gasteiger partial charge on any atom is 0.410 e. The van der Waals surface area contributed by atoms with Crippen molar-refractivity contribution in [1.29, 1.82) is 0 Å². The number of fused-ring (bicyclic) bond motifs is 1. The van der Waals surface area contributed by atoms with Crippen LogP contribution < -0.4 is 5.32 Å². The Morgan fingerprint density at radius 2 is 2.05 bits per heavy atom. The van der Waals surface area contributed by atoms with Crippen LogP contribution in [0.2, 0.25) is 0 Å². The highest BCUT2D eigenvalue weighted by atomic mass is 16.6. The van der Waals surface area contributed by atoms with E-state index >= 15 is 0 Å². The Kier molecular flexibility index (Phi) is 3.44. The molecule has 2 fully saturated rings. The third-order valence-electron chi connectivity index (χ3n) is 4.47. The molecular weight excluding hydrogens is 264 g/mol. The van der Waals surface area contributed by atoms with Crippen molar-refractivity contribution >= 4 is 6.09 Å². The largest absolute Gasteiger partial charge is 0.444 e. The number of hydrogen-bond acceptors (Lipinski definition) is 3.